The van der Waals surface area contributed by atoms with Gasteiger partial charge in [-0.1, -0.05) is 13.8 Å². The number of carbonyl (C=O) groups excluding carboxylic acids is 2. The summed E-state index contributed by atoms with van der Waals surface area (Å²) in [5, 5.41) is 2.52. The number of hydrogen-bond acceptors (Lipinski definition) is 9. The summed E-state index contributed by atoms with van der Waals surface area (Å²) in [5.41, 5.74) is 10.8. The highest BCUT2D eigenvalue weighted by atomic mass is 16.6. The Bertz CT molecular complexity index is 860. The van der Waals surface area contributed by atoms with Crippen LogP contribution < -0.4 is 22.3 Å². The molecule has 0 aromatic carbocycles. The largest absolute Gasteiger partial charge is 0.462 e. The van der Waals surface area contributed by atoms with Gasteiger partial charge in [-0.3, -0.25) is 19.1 Å². The number of imidazole rings is 1. The van der Waals surface area contributed by atoms with Crippen molar-refractivity contribution in [1.82, 2.24) is 24.8 Å². The van der Waals surface area contributed by atoms with Crippen LogP contribution in [0.1, 0.15) is 13.8 Å². The van der Waals surface area contributed by atoms with E-state index in [9.17, 15) is 14.4 Å². The van der Waals surface area contributed by atoms with Crippen molar-refractivity contribution in [2.45, 2.75) is 26.6 Å². The number of rotatable bonds is 9. The highest BCUT2D eigenvalue weighted by molar-refractivity contribution is 5.85. The molecule has 0 aliphatic carbocycles. The summed E-state index contributed by atoms with van der Waals surface area (Å²) >= 11 is 0. The summed E-state index contributed by atoms with van der Waals surface area (Å²) in [4.78, 5) is 45.4. The molecule has 2 aromatic heterocycles. The average Bonchev–Trinajstić information content (AvgIpc) is 3.01. The van der Waals surface area contributed by atoms with E-state index in [2.05, 4.69) is 20.3 Å². The first-order valence-electron chi connectivity index (χ1n) is 8.28. The molecule has 0 saturated heterocycles. The topological polar surface area (TPSA) is 180 Å². The van der Waals surface area contributed by atoms with Gasteiger partial charge in [0.15, 0.2) is 11.2 Å². The standard InChI is InChI=1S/C15H23N7O5/c1-8(2)10(19-9(23)5-16)14(25)27-4-3-26-7-22-6-18-11-12(22)20-15(17)21-13(11)24/h6,8,10H,3-5,7,16H2,1-2H3,(H,19,23)(H3,17,20,21,24). The second kappa shape index (κ2) is 9.09. The van der Waals surface area contributed by atoms with Crippen LogP contribution in [0.25, 0.3) is 11.2 Å². The molecule has 2 rings (SSSR count). The molecule has 2 aromatic rings. The van der Waals surface area contributed by atoms with Crippen LogP contribution in [-0.4, -0.2) is 57.2 Å². The van der Waals surface area contributed by atoms with E-state index in [1.54, 1.807) is 13.8 Å². The van der Waals surface area contributed by atoms with Crippen molar-refractivity contribution in [3.8, 4) is 0 Å². The number of nitrogens with two attached hydrogens (primary N) is 2. The molecule has 1 amide bonds. The van der Waals surface area contributed by atoms with Gasteiger partial charge in [-0.2, -0.15) is 4.98 Å². The predicted octanol–water partition coefficient (Wildman–Crippen LogP) is -1.68. The van der Waals surface area contributed by atoms with Gasteiger partial charge in [-0.05, 0) is 5.92 Å². The minimum absolute atomic E-state index is 0.0106. The van der Waals surface area contributed by atoms with Crippen LogP contribution in [0.2, 0.25) is 0 Å². The molecule has 0 radical (unpaired) electrons. The number of carbonyl (C=O) groups is 2. The van der Waals surface area contributed by atoms with Gasteiger partial charge in [0, 0.05) is 0 Å². The van der Waals surface area contributed by atoms with Gasteiger partial charge < -0.3 is 26.3 Å². The Kier molecular flexibility index (Phi) is 6.85. The fourth-order valence-electron chi connectivity index (χ4n) is 2.25. The van der Waals surface area contributed by atoms with Gasteiger partial charge in [0.2, 0.25) is 11.9 Å². The van der Waals surface area contributed by atoms with Crippen molar-refractivity contribution in [3.05, 3.63) is 16.7 Å². The van der Waals surface area contributed by atoms with E-state index in [-0.39, 0.29) is 49.5 Å². The van der Waals surface area contributed by atoms with E-state index in [0.717, 1.165) is 0 Å². The highest BCUT2D eigenvalue weighted by Crippen LogP contribution is 2.07. The molecule has 0 aliphatic heterocycles. The SMILES string of the molecule is CC(C)C(NC(=O)CN)C(=O)OCCOCn1cnc2c(=O)[nH]c(N)nc21. The van der Waals surface area contributed by atoms with Crippen molar-refractivity contribution in [3.63, 3.8) is 0 Å². The number of fused-ring (bicyclic) bond motifs is 1. The molecule has 1 atom stereocenters. The lowest BCUT2D eigenvalue weighted by Gasteiger charge is -2.20. The van der Waals surface area contributed by atoms with E-state index in [1.165, 1.54) is 10.9 Å². The smallest absolute Gasteiger partial charge is 0.328 e. The van der Waals surface area contributed by atoms with Gasteiger partial charge in [-0.15, -0.1) is 0 Å². The van der Waals surface area contributed by atoms with Crippen LogP contribution in [0.4, 0.5) is 5.95 Å². The summed E-state index contributed by atoms with van der Waals surface area (Å²) in [6.07, 6.45) is 1.40. The molecule has 0 saturated carbocycles. The molecule has 12 nitrogen and oxygen atoms in total. The molecule has 12 heteroatoms. The Morgan fingerprint density at radius 1 is 1.37 bits per heavy atom. The van der Waals surface area contributed by atoms with E-state index in [4.69, 9.17) is 20.9 Å². The van der Waals surface area contributed by atoms with E-state index in [1.807, 2.05) is 0 Å². The zero-order valence-electron chi connectivity index (χ0n) is 15.1. The molecule has 0 fully saturated rings. The summed E-state index contributed by atoms with van der Waals surface area (Å²) in [7, 11) is 0. The molecule has 148 valence electrons. The van der Waals surface area contributed by atoms with Gasteiger partial charge in [0.25, 0.3) is 5.56 Å². The molecule has 0 bridgehead atoms. The number of nitrogen functional groups attached to an aromatic ring is 1. The maximum Gasteiger partial charge on any atom is 0.328 e. The summed E-state index contributed by atoms with van der Waals surface area (Å²) in [6, 6.07) is -0.780. The van der Waals surface area contributed by atoms with Crippen molar-refractivity contribution < 1.29 is 19.1 Å². The third-order valence-electron chi connectivity index (χ3n) is 3.62. The fraction of sp³-hybridized carbons (Fsp3) is 0.533. The maximum absolute atomic E-state index is 12.1. The molecular weight excluding hydrogens is 358 g/mol. The van der Waals surface area contributed by atoms with E-state index in [0.29, 0.717) is 0 Å². The third kappa shape index (κ3) is 5.24. The van der Waals surface area contributed by atoms with Gasteiger partial charge >= 0.3 is 5.97 Å². The number of nitrogens with zero attached hydrogens (tertiary/aromatic N) is 3. The Hall–Kier alpha value is -2.99. The molecule has 27 heavy (non-hydrogen) atoms. The van der Waals surface area contributed by atoms with Crippen LogP contribution in [0.5, 0.6) is 0 Å². The number of ether oxygens (including phenoxy) is 2. The second-order valence-corrected chi connectivity index (χ2v) is 6.04. The van der Waals surface area contributed by atoms with Crippen molar-refractivity contribution >= 4 is 29.0 Å². The Morgan fingerprint density at radius 2 is 2.11 bits per heavy atom. The number of H-pyrrole nitrogens is 1. The number of aromatic amines is 1. The first-order valence-corrected chi connectivity index (χ1v) is 8.28. The monoisotopic (exact) mass is 381 g/mol. The van der Waals surface area contributed by atoms with Crippen LogP contribution in [0.3, 0.4) is 0 Å². The molecule has 2 heterocycles. The van der Waals surface area contributed by atoms with Crippen LogP contribution >= 0.6 is 0 Å². The number of nitrogens with one attached hydrogen (secondary N) is 2. The normalized spacial score (nSPS) is 12.3. The Balaban J connectivity index is 1.82. The van der Waals surface area contributed by atoms with Gasteiger partial charge in [0.1, 0.15) is 19.4 Å². The first-order chi connectivity index (χ1) is 12.8. The summed E-state index contributed by atoms with van der Waals surface area (Å²) < 4.78 is 12.0. The number of anilines is 1. The lowest BCUT2D eigenvalue weighted by atomic mass is 10.0. The van der Waals surface area contributed by atoms with Gasteiger partial charge in [-0.25, -0.2) is 9.78 Å². The van der Waals surface area contributed by atoms with Crippen LogP contribution in [-0.2, 0) is 25.8 Å². The van der Waals surface area contributed by atoms with E-state index >= 15 is 0 Å². The molecule has 1 unspecified atom stereocenters. The summed E-state index contributed by atoms with van der Waals surface area (Å²) in [5.74, 6) is -1.18. The first kappa shape index (κ1) is 20.3. The van der Waals surface area contributed by atoms with Crippen molar-refractivity contribution in [2.75, 3.05) is 25.5 Å². The number of aromatic nitrogens is 4. The van der Waals surface area contributed by atoms with Crippen molar-refractivity contribution in [2.24, 2.45) is 11.7 Å². The van der Waals surface area contributed by atoms with Crippen molar-refractivity contribution in [1.29, 1.82) is 0 Å². The number of esters is 1. The third-order valence-corrected chi connectivity index (χ3v) is 3.62. The molecule has 6 N–H and O–H groups in total. The minimum Gasteiger partial charge on any atom is -0.462 e. The highest BCUT2D eigenvalue weighted by Gasteiger charge is 2.25. The molecule has 0 spiro atoms. The minimum atomic E-state index is -0.780. The van der Waals surface area contributed by atoms with E-state index < -0.39 is 23.5 Å². The zero-order valence-corrected chi connectivity index (χ0v) is 15.1. The predicted molar refractivity (Wildman–Crippen MR) is 95.3 cm³/mol. The number of hydrogen-bond donors (Lipinski definition) is 4. The average molecular weight is 381 g/mol. The fourth-order valence-corrected chi connectivity index (χ4v) is 2.25. The zero-order chi connectivity index (χ0) is 20.0. The summed E-state index contributed by atoms with van der Waals surface area (Å²) in [6.45, 7) is 3.48. The number of amides is 1. The van der Waals surface area contributed by atoms with Crippen LogP contribution in [0.15, 0.2) is 11.1 Å². The maximum atomic E-state index is 12.1. The second-order valence-electron chi connectivity index (χ2n) is 6.04. The Morgan fingerprint density at radius 3 is 2.78 bits per heavy atom. The van der Waals surface area contributed by atoms with Gasteiger partial charge in [0.05, 0.1) is 19.5 Å². The van der Waals surface area contributed by atoms with Crippen LogP contribution in [0, 0.1) is 5.92 Å². The lowest BCUT2D eigenvalue weighted by molar-refractivity contribution is -0.150. The molecular formula is C15H23N7O5. The molecule has 0 aliphatic rings. The lowest BCUT2D eigenvalue weighted by Crippen LogP contribution is -2.47. The quantitative estimate of drug-likeness (QED) is 0.291. The Labute approximate surface area is 154 Å².